The molecule has 21 heavy (non-hydrogen) atoms. The third-order valence-electron chi connectivity index (χ3n) is 4.35. The predicted molar refractivity (Wildman–Crippen MR) is 80.3 cm³/mol. The van der Waals surface area contributed by atoms with Gasteiger partial charge < -0.3 is 14.6 Å². The summed E-state index contributed by atoms with van der Waals surface area (Å²) < 4.78 is 7.57. The molecule has 4 rings (SSSR count). The number of carbonyl (C=O) groups is 1. The summed E-state index contributed by atoms with van der Waals surface area (Å²) in [6, 6.07) is 5.92. The van der Waals surface area contributed by atoms with Crippen LogP contribution in [0.2, 0.25) is 0 Å². The van der Waals surface area contributed by atoms with Crippen molar-refractivity contribution in [2.24, 2.45) is 7.05 Å². The van der Waals surface area contributed by atoms with Gasteiger partial charge in [0, 0.05) is 25.3 Å². The number of ether oxygens (including phenoxy) is 1. The van der Waals surface area contributed by atoms with E-state index < -0.39 is 0 Å². The van der Waals surface area contributed by atoms with Crippen molar-refractivity contribution >= 4 is 22.6 Å². The molecule has 2 aromatic rings. The average molecular weight is 285 g/mol. The number of aromatic nitrogens is 2. The van der Waals surface area contributed by atoms with Crippen molar-refractivity contribution in [1.82, 2.24) is 9.55 Å². The monoisotopic (exact) mass is 285 g/mol. The van der Waals surface area contributed by atoms with Crippen LogP contribution in [0.15, 0.2) is 18.2 Å². The van der Waals surface area contributed by atoms with Crippen molar-refractivity contribution in [3.05, 3.63) is 24.0 Å². The number of carbonyl (C=O) groups excluding carboxylic acids is 1. The van der Waals surface area contributed by atoms with E-state index in [1.165, 1.54) is 12.8 Å². The van der Waals surface area contributed by atoms with E-state index in [0.717, 1.165) is 35.4 Å². The van der Waals surface area contributed by atoms with Crippen LogP contribution in [0.5, 0.6) is 0 Å². The molecule has 1 saturated heterocycles. The molecule has 1 saturated carbocycles. The minimum absolute atomic E-state index is 0.0507. The fraction of sp³-hybridized carbons (Fsp3) is 0.500. The molecule has 1 aromatic carbocycles. The highest BCUT2D eigenvalue weighted by Crippen LogP contribution is 2.40. The van der Waals surface area contributed by atoms with Crippen molar-refractivity contribution in [2.45, 2.75) is 37.7 Å². The quantitative estimate of drug-likeness (QED) is 0.943. The smallest absolute Gasteiger partial charge is 0.253 e. The standard InChI is InChI=1S/C16H19N3O2/c1-19-13-7-6-11(17-16(20)14-3-2-8-21-14)9-12(13)18-15(19)10-4-5-10/h6-7,9-10,14H,2-5,8H2,1H3,(H,17,20). The van der Waals surface area contributed by atoms with Crippen LogP contribution in [-0.2, 0) is 16.6 Å². The van der Waals surface area contributed by atoms with Gasteiger partial charge in [0.15, 0.2) is 0 Å². The third-order valence-corrected chi connectivity index (χ3v) is 4.35. The molecule has 1 unspecified atom stereocenters. The maximum atomic E-state index is 12.1. The lowest BCUT2D eigenvalue weighted by Gasteiger charge is -2.10. The number of nitrogens with one attached hydrogen (secondary N) is 1. The summed E-state index contributed by atoms with van der Waals surface area (Å²) in [5.74, 6) is 1.73. The van der Waals surface area contributed by atoms with Gasteiger partial charge in [-0.15, -0.1) is 0 Å². The Kier molecular flexibility index (Phi) is 2.96. The number of aryl methyl sites for hydroxylation is 1. The van der Waals surface area contributed by atoms with Crippen molar-refractivity contribution in [2.75, 3.05) is 11.9 Å². The highest BCUT2D eigenvalue weighted by Gasteiger charge is 2.28. The zero-order chi connectivity index (χ0) is 14.4. The Labute approximate surface area is 123 Å². The van der Waals surface area contributed by atoms with Crippen molar-refractivity contribution < 1.29 is 9.53 Å². The first-order valence-corrected chi connectivity index (χ1v) is 7.61. The predicted octanol–water partition coefficient (Wildman–Crippen LogP) is 2.57. The molecule has 110 valence electrons. The van der Waals surface area contributed by atoms with Gasteiger partial charge in [0.25, 0.3) is 5.91 Å². The number of benzene rings is 1. The van der Waals surface area contributed by atoms with Crippen LogP contribution in [0.25, 0.3) is 11.0 Å². The summed E-state index contributed by atoms with van der Waals surface area (Å²) in [5, 5.41) is 2.94. The maximum absolute atomic E-state index is 12.1. The first kappa shape index (κ1) is 12.8. The minimum atomic E-state index is -0.300. The first-order chi connectivity index (χ1) is 10.2. The second-order valence-corrected chi connectivity index (χ2v) is 6.00. The Bertz CT molecular complexity index is 697. The molecular weight excluding hydrogens is 266 g/mol. The van der Waals surface area contributed by atoms with Gasteiger partial charge in [0.2, 0.25) is 0 Å². The van der Waals surface area contributed by atoms with Crippen LogP contribution in [0.4, 0.5) is 5.69 Å². The summed E-state index contributed by atoms with van der Waals surface area (Å²) in [4.78, 5) is 16.8. The van der Waals surface area contributed by atoms with E-state index in [1.807, 2.05) is 18.2 Å². The van der Waals surface area contributed by atoms with Crippen LogP contribution in [-0.4, -0.2) is 28.2 Å². The fourth-order valence-electron chi connectivity index (χ4n) is 3.01. The summed E-state index contributed by atoms with van der Waals surface area (Å²) in [5.41, 5.74) is 2.86. The second kappa shape index (κ2) is 4.84. The van der Waals surface area contributed by atoms with Gasteiger partial charge in [-0.2, -0.15) is 0 Å². The van der Waals surface area contributed by atoms with Crippen LogP contribution in [0.3, 0.4) is 0 Å². The number of hydrogen-bond donors (Lipinski definition) is 1. The van der Waals surface area contributed by atoms with Crippen LogP contribution >= 0.6 is 0 Å². The van der Waals surface area contributed by atoms with Gasteiger partial charge >= 0.3 is 0 Å². The molecule has 0 bridgehead atoms. The largest absolute Gasteiger partial charge is 0.368 e. The molecule has 1 aliphatic carbocycles. The zero-order valence-corrected chi connectivity index (χ0v) is 12.1. The van der Waals surface area contributed by atoms with Crippen molar-refractivity contribution in [3.63, 3.8) is 0 Å². The molecule has 1 atom stereocenters. The number of fused-ring (bicyclic) bond motifs is 1. The summed E-state index contributed by atoms with van der Waals surface area (Å²) in [6.45, 7) is 0.683. The van der Waals surface area contributed by atoms with Gasteiger partial charge in [-0.05, 0) is 43.9 Å². The lowest BCUT2D eigenvalue weighted by molar-refractivity contribution is -0.124. The topological polar surface area (TPSA) is 56.2 Å². The molecule has 1 aromatic heterocycles. The SMILES string of the molecule is Cn1c(C2CC2)nc2cc(NC(=O)C3CCCO3)ccc21. The number of nitrogens with zero attached hydrogens (tertiary/aromatic N) is 2. The number of anilines is 1. The molecule has 5 heteroatoms. The van der Waals surface area contributed by atoms with E-state index in [-0.39, 0.29) is 12.0 Å². The highest BCUT2D eigenvalue weighted by molar-refractivity contribution is 5.96. The molecule has 0 spiro atoms. The van der Waals surface area contributed by atoms with Crippen LogP contribution < -0.4 is 5.32 Å². The average Bonchev–Trinajstić information content (AvgIpc) is 3.06. The lowest BCUT2D eigenvalue weighted by atomic mass is 10.2. The van der Waals surface area contributed by atoms with E-state index in [2.05, 4.69) is 16.9 Å². The Hall–Kier alpha value is -1.88. The molecule has 2 aliphatic rings. The highest BCUT2D eigenvalue weighted by atomic mass is 16.5. The van der Waals surface area contributed by atoms with Gasteiger partial charge in [0.05, 0.1) is 11.0 Å². The maximum Gasteiger partial charge on any atom is 0.253 e. The Balaban J connectivity index is 1.59. The summed E-state index contributed by atoms with van der Waals surface area (Å²) >= 11 is 0. The number of rotatable bonds is 3. The van der Waals surface area contributed by atoms with E-state index in [9.17, 15) is 4.79 Å². The van der Waals surface area contributed by atoms with Gasteiger partial charge in [-0.25, -0.2) is 4.98 Å². The Morgan fingerprint density at radius 2 is 2.24 bits per heavy atom. The van der Waals surface area contributed by atoms with Crippen LogP contribution in [0.1, 0.15) is 37.4 Å². The summed E-state index contributed by atoms with van der Waals surface area (Å²) in [7, 11) is 2.06. The Morgan fingerprint density at radius 3 is 2.95 bits per heavy atom. The van der Waals surface area contributed by atoms with Crippen molar-refractivity contribution in [1.29, 1.82) is 0 Å². The van der Waals surface area contributed by atoms with Gasteiger partial charge in [-0.1, -0.05) is 0 Å². The number of imidazole rings is 1. The third kappa shape index (κ3) is 2.31. The zero-order valence-electron chi connectivity index (χ0n) is 12.1. The van der Waals surface area contributed by atoms with E-state index in [1.54, 1.807) is 0 Å². The molecule has 1 N–H and O–H groups in total. The van der Waals surface area contributed by atoms with E-state index >= 15 is 0 Å². The molecule has 1 aliphatic heterocycles. The first-order valence-electron chi connectivity index (χ1n) is 7.61. The fourth-order valence-corrected chi connectivity index (χ4v) is 3.01. The molecule has 0 radical (unpaired) electrons. The minimum Gasteiger partial charge on any atom is -0.368 e. The second-order valence-electron chi connectivity index (χ2n) is 6.00. The van der Waals surface area contributed by atoms with Gasteiger partial charge in [-0.3, -0.25) is 4.79 Å². The summed E-state index contributed by atoms with van der Waals surface area (Å²) in [6.07, 6.45) is 3.94. The van der Waals surface area contributed by atoms with E-state index in [4.69, 9.17) is 9.72 Å². The molecule has 2 fully saturated rings. The van der Waals surface area contributed by atoms with Gasteiger partial charge in [0.1, 0.15) is 11.9 Å². The lowest BCUT2D eigenvalue weighted by Crippen LogP contribution is -2.26. The molecule has 1 amide bonds. The van der Waals surface area contributed by atoms with Crippen molar-refractivity contribution in [3.8, 4) is 0 Å². The normalized spacial score (nSPS) is 21.9. The molecular formula is C16H19N3O2. The number of amides is 1. The number of hydrogen-bond acceptors (Lipinski definition) is 3. The Morgan fingerprint density at radius 1 is 1.38 bits per heavy atom. The van der Waals surface area contributed by atoms with E-state index in [0.29, 0.717) is 12.5 Å². The van der Waals surface area contributed by atoms with Crippen LogP contribution in [0, 0.1) is 0 Å². The molecule has 5 nitrogen and oxygen atoms in total. The molecule has 2 heterocycles.